The van der Waals surface area contributed by atoms with Gasteiger partial charge in [-0.1, -0.05) is 0 Å². The molecule has 0 spiro atoms. The Morgan fingerprint density at radius 3 is 1.56 bits per heavy atom. The zero-order valence-electron chi connectivity index (χ0n) is 23.5. The van der Waals surface area contributed by atoms with Gasteiger partial charge >= 0.3 is 5.97 Å². The third-order valence-corrected chi connectivity index (χ3v) is 8.14. The van der Waals surface area contributed by atoms with Crippen molar-refractivity contribution in [3.8, 4) is 0 Å². The lowest BCUT2D eigenvalue weighted by Crippen LogP contribution is -2.68. The highest BCUT2D eigenvalue weighted by Crippen LogP contribution is 2.35. The van der Waals surface area contributed by atoms with Gasteiger partial charge in [0.2, 0.25) is 0 Å². The van der Waals surface area contributed by atoms with Gasteiger partial charge in [0.15, 0.2) is 31.3 Å². The van der Waals surface area contributed by atoms with E-state index in [4.69, 9.17) is 33.2 Å². The first kappa shape index (κ1) is 36.5. The van der Waals surface area contributed by atoms with Crippen molar-refractivity contribution in [3.63, 3.8) is 0 Å². The molecular weight excluding hydrogens is 624 g/mol. The maximum atomic E-state index is 11.8. The van der Waals surface area contributed by atoms with Crippen LogP contribution in [0.5, 0.6) is 0 Å². The number of ether oxygens (including phenoxy) is 7. The van der Waals surface area contributed by atoms with Crippen molar-refractivity contribution < 1.29 is 104 Å². The summed E-state index contributed by atoms with van der Waals surface area (Å²) in [5.41, 5.74) is 0. The molecule has 0 saturated carbocycles. The molecule has 1 unspecified atom stereocenters. The van der Waals surface area contributed by atoms with Crippen LogP contribution in [-0.4, -0.2) is 208 Å². The second-order valence-corrected chi connectivity index (χ2v) is 11.2. The Morgan fingerprint density at radius 1 is 0.533 bits per heavy atom. The van der Waals surface area contributed by atoms with Gasteiger partial charge in [-0.25, -0.2) is 4.79 Å². The average Bonchev–Trinajstić information content (AvgIpc) is 3.00. The lowest BCUT2D eigenvalue weighted by atomic mass is 9.95. The minimum absolute atomic E-state index is 0.866. The smallest absolute Gasteiger partial charge is 0.335 e. The topological polar surface area (TPSA) is 345 Å². The van der Waals surface area contributed by atoms with Gasteiger partial charge in [-0.2, -0.15) is 0 Å². The fourth-order valence-corrected chi connectivity index (χ4v) is 5.42. The number of aliphatic hydroxyl groups excluding tert-OH is 12. The Balaban J connectivity index is 1.64. The highest BCUT2D eigenvalue weighted by Gasteiger charge is 2.56. The first-order valence-corrected chi connectivity index (χ1v) is 14.0. The summed E-state index contributed by atoms with van der Waals surface area (Å²) in [5, 5.41) is 133. The number of hydrogen-bond donors (Lipinski definition) is 13. The molecule has 21 nitrogen and oxygen atoms in total. The average molecular weight is 665 g/mol. The van der Waals surface area contributed by atoms with E-state index in [2.05, 4.69) is 0 Å². The van der Waals surface area contributed by atoms with Crippen LogP contribution in [0.15, 0.2) is 0 Å². The van der Waals surface area contributed by atoms with Crippen LogP contribution >= 0.6 is 0 Å². The first-order chi connectivity index (χ1) is 21.1. The molecule has 4 aliphatic heterocycles. The Hall–Kier alpha value is -1.29. The summed E-state index contributed by atoms with van der Waals surface area (Å²) in [6.07, 6.45) is -37.6. The molecule has 21 heteroatoms. The summed E-state index contributed by atoms with van der Waals surface area (Å²) in [6.45, 7) is -0.465. The molecule has 262 valence electrons. The molecule has 0 bridgehead atoms. The zero-order valence-corrected chi connectivity index (χ0v) is 23.5. The van der Waals surface area contributed by atoms with Gasteiger partial charge in [-0.05, 0) is 6.92 Å². The lowest BCUT2D eigenvalue weighted by Gasteiger charge is -2.49. The quantitative estimate of drug-likeness (QED) is 0.109. The van der Waals surface area contributed by atoms with E-state index >= 15 is 0 Å². The number of carbonyl (C=O) groups is 1. The van der Waals surface area contributed by atoms with Gasteiger partial charge < -0.3 is 99.5 Å². The number of rotatable bonds is 9. The Labute approximate surface area is 253 Å². The largest absolute Gasteiger partial charge is 0.479 e. The monoisotopic (exact) mass is 664 g/mol. The predicted octanol–water partition coefficient (Wildman–Crippen LogP) is -8.63. The molecule has 13 N–H and O–H groups in total. The Kier molecular flexibility index (Phi) is 12.1. The number of aliphatic carboxylic acids is 1. The number of carboxylic acids is 1. The maximum Gasteiger partial charge on any atom is 0.335 e. The molecule has 20 atom stereocenters. The van der Waals surface area contributed by atoms with Crippen molar-refractivity contribution in [2.24, 2.45) is 0 Å². The van der Waals surface area contributed by atoms with Gasteiger partial charge in [0, 0.05) is 0 Å². The molecule has 4 aliphatic rings. The van der Waals surface area contributed by atoms with Crippen LogP contribution in [0.1, 0.15) is 6.92 Å². The Bertz CT molecular complexity index is 973. The molecule has 0 aromatic heterocycles. The number of carboxylic acid groups (broad SMARTS) is 1. The minimum Gasteiger partial charge on any atom is -0.479 e. The van der Waals surface area contributed by atoms with Crippen LogP contribution in [0.3, 0.4) is 0 Å². The summed E-state index contributed by atoms with van der Waals surface area (Å²) < 4.78 is 37.9. The van der Waals surface area contributed by atoms with Crippen LogP contribution in [-0.2, 0) is 38.0 Å². The second kappa shape index (κ2) is 14.9. The molecule has 0 amide bonds. The van der Waals surface area contributed by atoms with Crippen molar-refractivity contribution in [1.82, 2.24) is 0 Å². The summed E-state index contributed by atoms with van der Waals surface area (Å²) in [5.74, 6) is -1.79. The van der Waals surface area contributed by atoms with Crippen LogP contribution in [0.4, 0.5) is 0 Å². The van der Waals surface area contributed by atoms with Crippen molar-refractivity contribution in [3.05, 3.63) is 0 Å². The van der Waals surface area contributed by atoms with Gasteiger partial charge in [0.25, 0.3) is 0 Å². The summed E-state index contributed by atoms with van der Waals surface area (Å²) in [7, 11) is 0. The summed E-state index contributed by atoms with van der Waals surface area (Å²) >= 11 is 0. The molecule has 45 heavy (non-hydrogen) atoms. The number of hydrogen-bond acceptors (Lipinski definition) is 20. The molecule has 4 rings (SSSR count). The molecule has 0 aromatic carbocycles. The zero-order chi connectivity index (χ0) is 33.5. The van der Waals surface area contributed by atoms with E-state index in [1.807, 2.05) is 0 Å². The molecule has 4 fully saturated rings. The van der Waals surface area contributed by atoms with Crippen LogP contribution < -0.4 is 0 Å². The molecule has 0 aliphatic carbocycles. The van der Waals surface area contributed by atoms with Crippen molar-refractivity contribution in [2.75, 3.05) is 13.2 Å². The van der Waals surface area contributed by atoms with Crippen LogP contribution in [0.2, 0.25) is 0 Å². The molecule has 4 heterocycles. The van der Waals surface area contributed by atoms with E-state index in [0.717, 1.165) is 0 Å². The maximum absolute atomic E-state index is 11.8. The predicted molar refractivity (Wildman–Crippen MR) is 133 cm³/mol. The fraction of sp³-hybridized carbons (Fsp3) is 0.958. The van der Waals surface area contributed by atoms with Crippen molar-refractivity contribution in [1.29, 1.82) is 0 Å². The summed E-state index contributed by atoms with van der Waals surface area (Å²) in [4.78, 5) is 11.8. The molecular formula is C24H40O21. The fourth-order valence-electron chi connectivity index (χ4n) is 5.42. The van der Waals surface area contributed by atoms with E-state index < -0.39 is 142 Å². The first-order valence-electron chi connectivity index (χ1n) is 14.0. The standard InChI is InChI=1S/C24H40O21/c1-4-7(27)10(30)13(33)22(39-4)44-18-12(32)9(29)6(3-26)41-24(18)43-16-15(35)17(20(36)37)42-21(38)19(16)45-23-14(34)11(31)8(28)5(2-25)40-23/h4-19,21-35,38H,2-3H2,1H3,(H,36,37)/t4-,5-,6-,7-,8-,9-,10+,11+,12+,13+,14-,15+,16+,17+,18-,19-,21?,22-,23+,24+/m1/s1. The van der Waals surface area contributed by atoms with Gasteiger partial charge in [0.05, 0.1) is 19.3 Å². The van der Waals surface area contributed by atoms with E-state index in [0.29, 0.717) is 0 Å². The highest BCUT2D eigenvalue weighted by molar-refractivity contribution is 5.73. The van der Waals surface area contributed by atoms with E-state index in [-0.39, 0.29) is 0 Å². The highest BCUT2D eigenvalue weighted by atomic mass is 16.8. The summed E-state index contributed by atoms with van der Waals surface area (Å²) in [6, 6.07) is 0. The molecule has 4 saturated heterocycles. The van der Waals surface area contributed by atoms with E-state index in [1.54, 1.807) is 0 Å². The third-order valence-electron chi connectivity index (χ3n) is 8.14. The lowest BCUT2D eigenvalue weighted by molar-refractivity contribution is -0.399. The SMILES string of the molecule is C[C@H]1O[C@H](O[C@H]2[C@H](O[C@H]3[C@H](O)[C@@H](C(=O)O)OC(O)[C@@H]3O[C@@H]3O[C@H](CO)[C@@H](O)[C@H](O)[C@H]3O)O[C@H](CO)[C@@H](O)[C@@H]2O)[C@@H](O)[C@@H](O)[C@@H]1O. The van der Waals surface area contributed by atoms with Gasteiger partial charge in [-0.15, -0.1) is 0 Å². The van der Waals surface area contributed by atoms with Crippen LogP contribution in [0, 0.1) is 0 Å². The van der Waals surface area contributed by atoms with Crippen LogP contribution in [0.25, 0.3) is 0 Å². The van der Waals surface area contributed by atoms with E-state index in [9.17, 15) is 71.2 Å². The third kappa shape index (κ3) is 7.26. The van der Waals surface area contributed by atoms with Crippen molar-refractivity contribution in [2.45, 2.75) is 130 Å². The molecule has 0 aromatic rings. The van der Waals surface area contributed by atoms with Crippen molar-refractivity contribution >= 4 is 5.97 Å². The van der Waals surface area contributed by atoms with Gasteiger partial charge in [0.1, 0.15) is 85.5 Å². The Morgan fingerprint density at radius 2 is 1.00 bits per heavy atom. The van der Waals surface area contributed by atoms with E-state index in [1.165, 1.54) is 6.92 Å². The minimum atomic E-state index is -2.28. The second-order valence-electron chi connectivity index (χ2n) is 11.2. The number of aliphatic hydroxyl groups is 12. The van der Waals surface area contributed by atoms with Gasteiger partial charge in [-0.3, -0.25) is 0 Å². The molecule has 0 radical (unpaired) electrons. The normalized spacial score (nSPS) is 52.8.